The first-order valence-electron chi connectivity index (χ1n) is 5.81. The molecule has 13 heavy (non-hydrogen) atoms. The Morgan fingerprint density at radius 3 is 2.23 bits per heavy atom. The number of hydrogen-bond acceptors (Lipinski definition) is 1. The molecule has 1 saturated carbocycles. The van der Waals surface area contributed by atoms with Crippen molar-refractivity contribution in [3.05, 3.63) is 0 Å². The molecule has 1 nitrogen and oxygen atoms in total. The Hall–Kier alpha value is -0.0400. The molecule has 0 spiro atoms. The fraction of sp³-hybridized carbons (Fsp3) is 1.00. The third-order valence-electron chi connectivity index (χ3n) is 3.01. The van der Waals surface area contributed by atoms with Crippen LogP contribution in [0.15, 0.2) is 0 Å². The van der Waals surface area contributed by atoms with Crippen LogP contribution in [0.1, 0.15) is 52.9 Å². The van der Waals surface area contributed by atoms with Crippen LogP contribution in [0, 0.1) is 11.8 Å². The molecule has 1 aliphatic rings. The van der Waals surface area contributed by atoms with Gasteiger partial charge in [-0.2, -0.15) is 0 Å². The molecule has 0 aromatic carbocycles. The van der Waals surface area contributed by atoms with Gasteiger partial charge in [0.05, 0.1) is 6.10 Å². The monoisotopic (exact) mass is 184 g/mol. The summed E-state index contributed by atoms with van der Waals surface area (Å²) in [4.78, 5) is 0. The Morgan fingerprint density at radius 1 is 1.08 bits per heavy atom. The van der Waals surface area contributed by atoms with Crippen molar-refractivity contribution in [2.24, 2.45) is 11.8 Å². The summed E-state index contributed by atoms with van der Waals surface area (Å²) in [6, 6.07) is 0. The van der Waals surface area contributed by atoms with E-state index < -0.39 is 0 Å². The standard InChI is InChI=1S/C12H24O/c1-10(2)9-13-11(3)12-7-5-4-6-8-12/h10-12H,4-9H2,1-3H3. The summed E-state index contributed by atoms with van der Waals surface area (Å²) < 4.78 is 5.84. The van der Waals surface area contributed by atoms with Gasteiger partial charge in [-0.25, -0.2) is 0 Å². The highest BCUT2D eigenvalue weighted by molar-refractivity contribution is 4.71. The average molecular weight is 184 g/mol. The van der Waals surface area contributed by atoms with Gasteiger partial charge in [0, 0.05) is 6.61 Å². The molecule has 1 rings (SSSR count). The Morgan fingerprint density at radius 2 is 1.69 bits per heavy atom. The van der Waals surface area contributed by atoms with E-state index in [1.54, 1.807) is 0 Å². The van der Waals surface area contributed by atoms with Crippen LogP contribution < -0.4 is 0 Å². The molecular weight excluding hydrogens is 160 g/mol. The topological polar surface area (TPSA) is 9.23 Å². The van der Waals surface area contributed by atoms with Crippen LogP contribution in [0.25, 0.3) is 0 Å². The van der Waals surface area contributed by atoms with Gasteiger partial charge in [0.25, 0.3) is 0 Å². The second kappa shape index (κ2) is 5.64. The van der Waals surface area contributed by atoms with Crippen LogP contribution in [0.2, 0.25) is 0 Å². The van der Waals surface area contributed by atoms with Crippen LogP contribution >= 0.6 is 0 Å². The van der Waals surface area contributed by atoms with Crippen molar-refractivity contribution in [1.29, 1.82) is 0 Å². The van der Waals surface area contributed by atoms with Crippen molar-refractivity contribution in [3.63, 3.8) is 0 Å². The molecule has 1 heteroatoms. The zero-order valence-electron chi connectivity index (χ0n) is 9.38. The predicted molar refractivity (Wildman–Crippen MR) is 56.8 cm³/mol. The van der Waals surface area contributed by atoms with Gasteiger partial charge in [-0.15, -0.1) is 0 Å². The molecule has 0 radical (unpaired) electrons. The summed E-state index contributed by atoms with van der Waals surface area (Å²) >= 11 is 0. The lowest BCUT2D eigenvalue weighted by Gasteiger charge is -2.28. The molecule has 0 aromatic heterocycles. The van der Waals surface area contributed by atoms with E-state index in [9.17, 15) is 0 Å². The summed E-state index contributed by atoms with van der Waals surface area (Å²) in [7, 11) is 0. The SMILES string of the molecule is CC(C)COC(C)C1CCCCC1. The van der Waals surface area contributed by atoms with Crippen molar-refractivity contribution in [3.8, 4) is 0 Å². The first kappa shape index (κ1) is 11.0. The van der Waals surface area contributed by atoms with Crippen molar-refractivity contribution in [2.75, 3.05) is 6.61 Å². The lowest BCUT2D eigenvalue weighted by atomic mass is 9.86. The zero-order chi connectivity index (χ0) is 9.68. The van der Waals surface area contributed by atoms with Crippen LogP contribution in [0.3, 0.4) is 0 Å². The van der Waals surface area contributed by atoms with Crippen LogP contribution in [0.5, 0.6) is 0 Å². The predicted octanol–water partition coefficient (Wildman–Crippen LogP) is 3.63. The van der Waals surface area contributed by atoms with Gasteiger partial charge < -0.3 is 4.74 Å². The molecule has 0 heterocycles. The van der Waals surface area contributed by atoms with Crippen LogP contribution in [-0.4, -0.2) is 12.7 Å². The lowest BCUT2D eigenvalue weighted by molar-refractivity contribution is -0.000244. The molecule has 78 valence electrons. The van der Waals surface area contributed by atoms with E-state index in [1.165, 1.54) is 32.1 Å². The quantitative estimate of drug-likeness (QED) is 0.648. The fourth-order valence-electron chi connectivity index (χ4n) is 2.08. The van der Waals surface area contributed by atoms with Gasteiger partial charge >= 0.3 is 0 Å². The fourth-order valence-corrected chi connectivity index (χ4v) is 2.08. The van der Waals surface area contributed by atoms with Gasteiger partial charge in [-0.05, 0) is 31.6 Å². The van der Waals surface area contributed by atoms with Gasteiger partial charge in [0.2, 0.25) is 0 Å². The van der Waals surface area contributed by atoms with E-state index in [0.29, 0.717) is 12.0 Å². The van der Waals surface area contributed by atoms with Crippen LogP contribution in [0.4, 0.5) is 0 Å². The van der Waals surface area contributed by atoms with E-state index in [0.717, 1.165) is 12.5 Å². The Balaban J connectivity index is 2.17. The zero-order valence-corrected chi connectivity index (χ0v) is 9.38. The van der Waals surface area contributed by atoms with Crippen LogP contribution in [-0.2, 0) is 4.74 Å². The normalized spacial score (nSPS) is 22.2. The van der Waals surface area contributed by atoms with Crippen molar-refractivity contribution < 1.29 is 4.74 Å². The Labute approximate surface area is 82.9 Å². The second-order valence-corrected chi connectivity index (χ2v) is 4.83. The largest absolute Gasteiger partial charge is 0.378 e. The smallest absolute Gasteiger partial charge is 0.0575 e. The van der Waals surface area contributed by atoms with E-state index >= 15 is 0 Å². The molecule has 0 bridgehead atoms. The minimum Gasteiger partial charge on any atom is -0.378 e. The molecule has 1 aliphatic carbocycles. The molecule has 0 amide bonds. The highest BCUT2D eigenvalue weighted by Crippen LogP contribution is 2.27. The summed E-state index contributed by atoms with van der Waals surface area (Å²) in [6.45, 7) is 7.61. The Kier molecular flexibility index (Phi) is 4.79. The summed E-state index contributed by atoms with van der Waals surface area (Å²) in [5.74, 6) is 1.51. The molecular formula is C12H24O. The van der Waals surface area contributed by atoms with E-state index in [1.807, 2.05) is 0 Å². The number of hydrogen-bond donors (Lipinski definition) is 0. The molecule has 0 saturated heterocycles. The maximum Gasteiger partial charge on any atom is 0.0575 e. The van der Waals surface area contributed by atoms with Crippen molar-refractivity contribution in [1.82, 2.24) is 0 Å². The highest BCUT2D eigenvalue weighted by atomic mass is 16.5. The maximum absolute atomic E-state index is 5.84. The van der Waals surface area contributed by atoms with Gasteiger partial charge in [0.1, 0.15) is 0 Å². The third-order valence-corrected chi connectivity index (χ3v) is 3.01. The maximum atomic E-state index is 5.84. The Bertz CT molecular complexity index is 125. The van der Waals surface area contributed by atoms with E-state index in [4.69, 9.17) is 4.74 Å². The molecule has 1 atom stereocenters. The summed E-state index contributed by atoms with van der Waals surface area (Å²) in [6.07, 6.45) is 7.54. The molecule has 0 N–H and O–H groups in total. The molecule has 1 fully saturated rings. The lowest BCUT2D eigenvalue weighted by Crippen LogP contribution is -2.24. The highest BCUT2D eigenvalue weighted by Gasteiger charge is 2.20. The minimum atomic E-state index is 0.489. The third kappa shape index (κ3) is 4.12. The summed E-state index contributed by atoms with van der Waals surface area (Å²) in [5.41, 5.74) is 0. The number of ether oxygens (including phenoxy) is 1. The van der Waals surface area contributed by atoms with E-state index in [2.05, 4.69) is 20.8 Å². The van der Waals surface area contributed by atoms with Crippen molar-refractivity contribution >= 4 is 0 Å². The second-order valence-electron chi connectivity index (χ2n) is 4.83. The average Bonchev–Trinajstić information content (AvgIpc) is 2.15. The van der Waals surface area contributed by atoms with Gasteiger partial charge in [-0.1, -0.05) is 33.1 Å². The molecule has 0 aromatic rings. The minimum absolute atomic E-state index is 0.489. The van der Waals surface area contributed by atoms with E-state index in [-0.39, 0.29) is 0 Å². The van der Waals surface area contributed by atoms with Crippen molar-refractivity contribution in [2.45, 2.75) is 59.0 Å². The molecule has 1 unspecified atom stereocenters. The summed E-state index contributed by atoms with van der Waals surface area (Å²) in [5, 5.41) is 0. The van der Waals surface area contributed by atoms with Gasteiger partial charge in [-0.3, -0.25) is 0 Å². The first-order valence-corrected chi connectivity index (χ1v) is 5.81. The van der Waals surface area contributed by atoms with Gasteiger partial charge in [0.15, 0.2) is 0 Å². The molecule has 0 aliphatic heterocycles. The first-order chi connectivity index (χ1) is 6.20. The number of rotatable bonds is 4.